The van der Waals surface area contributed by atoms with Crippen molar-refractivity contribution in [3.8, 4) is 0 Å². The molecule has 0 spiro atoms. The van der Waals surface area contributed by atoms with Crippen LogP contribution in [0.1, 0.15) is 42.5 Å². The molecular weight excluding hydrogens is 226 g/mol. The predicted octanol–water partition coefficient (Wildman–Crippen LogP) is 2.16. The van der Waals surface area contributed by atoms with Crippen molar-refractivity contribution in [2.75, 3.05) is 18.0 Å². The highest BCUT2D eigenvalue weighted by Crippen LogP contribution is 2.27. The number of hydrogen-bond acceptors (Lipinski definition) is 3. The SMILES string of the molecule is Nc1ccc(C(=O)NCCC2CCCC2)c(N)c1. The van der Waals surface area contributed by atoms with Gasteiger partial charge in [0, 0.05) is 17.9 Å². The summed E-state index contributed by atoms with van der Waals surface area (Å²) in [5.41, 5.74) is 12.9. The van der Waals surface area contributed by atoms with Gasteiger partial charge in [0.2, 0.25) is 0 Å². The molecule has 0 atom stereocenters. The lowest BCUT2D eigenvalue weighted by Gasteiger charge is -2.11. The quantitative estimate of drug-likeness (QED) is 0.713. The maximum atomic E-state index is 11.9. The molecule has 5 N–H and O–H groups in total. The van der Waals surface area contributed by atoms with Crippen LogP contribution >= 0.6 is 0 Å². The molecule has 2 rings (SSSR count). The van der Waals surface area contributed by atoms with Crippen molar-refractivity contribution >= 4 is 17.3 Å². The van der Waals surface area contributed by atoms with Crippen molar-refractivity contribution < 1.29 is 4.79 Å². The lowest BCUT2D eigenvalue weighted by atomic mass is 10.0. The third-order valence-corrected chi connectivity index (χ3v) is 3.63. The van der Waals surface area contributed by atoms with E-state index in [-0.39, 0.29) is 5.91 Å². The second kappa shape index (κ2) is 5.76. The van der Waals surface area contributed by atoms with Crippen LogP contribution in [-0.4, -0.2) is 12.5 Å². The number of anilines is 2. The average Bonchev–Trinajstić information content (AvgIpc) is 2.81. The topological polar surface area (TPSA) is 81.1 Å². The molecule has 1 aromatic rings. The lowest BCUT2D eigenvalue weighted by molar-refractivity contribution is 0.0952. The number of amides is 1. The normalized spacial score (nSPS) is 15.8. The number of benzene rings is 1. The molecule has 4 nitrogen and oxygen atoms in total. The van der Waals surface area contributed by atoms with Crippen molar-refractivity contribution in [2.24, 2.45) is 5.92 Å². The zero-order valence-corrected chi connectivity index (χ0v) is 10.6. The van der Waals surface area contributed by atoms with E-state index >= 15 is 0 Å². The Labute approximate surface area is 108 Å². The first kappa shape index (κ1) is 12.7. The third-order valence-electron chi connectivity index (χ3n) is 3.63. The molecule has 0 saturated heterocycles. The van der Waals surface area contributed by atoms with Crippen LogP contribution in [0.25, 0.3) is 0 Å². The second-order valence-electron chi connectivity index (χ2n) is 5.04. The summed E-state index contributed by atoms with van der Waals surface area (Å²) < 4.78 is 0. The van der Waals surface area contributed by atoms with Gasteiger partial charge in [-0.15, -0.1) is 0 Å². The zero-order chi connectivity index (χ0) is 13.0. The molecule has 1 fully saturated rings. The molecule has 0 radical (unpaired) electrons. The highest BCUT2D eigenvalue weighted by molar-refractivity contribution is 5.99. The Kier molecular flexibility index (Phi) is 4.07. The molecule has 0 aromatic heterocycles. The van der Waals surface area contributed by atoms with Crippen LogP contribution in [0.5, 0.6) is 0 Å². The van der Waals surface area contributed by atoms with Crippen LogP contribution in [0.2, 0.25) is 0 Å². The Bertz CT molecular complexity index is 425. The maximum absolute atomic E-state index is 11.9. The molecule has 0 bridgehead atoms. The molecule has 0 aliphatic heterocycles. The largest absolute Gasteiger partial charge is 0.399 e. The lowest BCUT2D eigenvalue weighted by Crippen LogP contribution is -2.26. The first-order chi connectivity index (χ1) is 8.66. The Balaban J connectivity index is 1.83. The van der Waals surface area contributed by atoms with Gasteiger partial charge in [0.15, 0.2) is 0 Å². The monoisotopic (exact) mass is 247 g/mol. The number of rotatable bonds is 4. The average molecular weight is 247 g/mol. The first-order valence-corrected chi connectivity index (χ1v) is 6.60. The Morgan fingerprint density at radius 2 is 2.00 bits per heavy atom. The van der Waals surface area contributed by atoms with E-state index in [9.17, 15) is 4.79 Å². The van der Waals surface area contributed by atoms with Crippen LogP contribution < -0.4 is 16.8 Å². The van der Waals surface area contributed by atoms with Gasteiger partial charge >= 0.3 is 0 Å². The second-order valence-corrected chi connectivity index (χ2v) is 5.04. The highest BCUT2D eigenvalue weighted by Gasteiger charge is 2.15. The molecule has 1 aliphatic carbocycles. The number of nitrogens with two attached hydrogens (primary N) is 2. The number of nitrogen functional groups attached to an aromatic ring is 2. The fourth-order valence-electron chi connectivity index (χ4n) is 2.57. The van der Waals surface area contributed by atoms with Crippen molar-refractivity contribution in [3.63, 3.8) is 0 Å². The van der Waals surface area contributed by atoms with E-state index in [2.05, 4.69) is 5.32 Å². The molecule has 0 heterocycles. The number of hydrogen-bond donors (Lipinski definition) is 3. The van der Waals surface area contributed by atoms with Crippen LogP contribution in [0.3, 0.4) is 0 Å². The first-order valence-electron chi connectivity index (χ1n) is 6.60. The van der Waals surface area contributed by atoms with Gasteiger partial charge in [-0.1, -0.05) is 25.7 Å². The van der Waals surface area contributed by atoms with Gasteiger partial charge in [-0.3, -0.25) is 4.79 Å². The summed E-state index contributed by atoms with van der Waals surface area (Å²) in [6.07, 6.45) is 6.35. The van der Waals surface area contributed by atoms with Crippen LogP contribution in [0.15, 0.2) is 18.2 Å². The van der Waals surface area contributed by atoms with Crippen molar-refractivity contribution in [2.45, 2.75) is 32.1 Å². The smallest absolute Gasteiger partial charge is 0.253 e. The summed E-state index contributed by atoms with van der Waals surface area (Å²) in [5, 5.41) is 2.93. The summed E-state index contributed by atoms with van der Waals surface area (Å²) >= 11 is 0. The minimum Gasteiger partial charge on any atom is -0.399 e. The Hall–Kier alpha value is -1.71. The van der Waals surface area contributed by atoms with E-state index in [1.807, 2.05) is 0 Å². The minimum absolute atomic E-state index is 0.106. The maximum Gasteiger partial charge on any atom is 0.253 e. The summed E-state index contributed by atoms with van der Waals surface area (Å²) in [7, 11) is 0. The molecule has 18 heavy (non-hydrogen) atoms. The van der Waals surface area contributed by atoms with E-state index < -0.39 is 0 Å². The van der Waals surface area contributed by atoms with Gasteiger partial charge in [-0.05, 0) is 30.5 Å². The molecule has 0 unspecified atom stereocenters. The van der Waals surface area contributed by atoms with E-state index in [1.54, 1.807) is 18.2 Å². The van der Waals surface area contributed by atoms with Gasteiger partial charge < -0.3 is 16.8 Å². The van der Waals surface area contributed by atoms with Crippen LogP contribution in [0, 0.1) is 5.92 Å². The Morgan fingerprint density at radius 1 is 1.28 bits per heavy atom. The van der Waals surface area contributed by atoms with Gasteiger partial charge in [-0.2, -0.15) is 0 Å². The van der Waals surface area contributed by atoms with Crippen LogP contribution in [-0.2, 0) is 0 Å². The van der Waals surface area contributed by atoms with Gasteiger partial charge in [0.25, 0.3) is 5.91 Å². The molecule has 1 saturated carbocycles. The molecular formula is C14H21N3O. The number of carbonyl (C=O) groups is 1. The summed E-state index contributed by atoms with van der Waals surface area (Å²) in [6.45, 7) is 0.729. The van der Waals surface area contributed by atoms with Gasteiger partial charge in [-0.25, -0.2) is 0 Å². The van der Waals surface area contributed by atoms with Crippen molar-refractivity contribution in [3.05, 3.63) is 23.8 Å². The summed E-state index contributed by atoms with van der Waals surface area (Å²) in [6, 6.07) is 4.99. The molecule has 1 aromatic carbocycles. The van der Waals surface area contributed by atoms with Crippen molar-refractivity contribution in [1.82, 2.24) is 5.32 Å². The molecule has 4 heteroatoms. The number of carbonyl (C=O) groups excluding carboxylic acids is 1. The fourth-order valence-corrected chi connectivity index (χ4v) is 2.57. The van der Waals surface area contributed by atoms with Gasteiger partial charge in [0.05, 0.1) is 5.56 Å². The van der Waals surface area contributed by atoms with Gasteiger partial charge in [0.1, 0.15) is 0 Å². The summed E-state index contributed by atoms with van der Waals surface area (Å²) in [4.78, 5) is 11.9. The standard InChI is InChI=1S/C14H21N3O/c15-11-5-6-12(13(16)9-11)14(18)17-8-7-10-3-1-2-4-10/h5-6,9-10H,1-4,7-8,15-16H2,(H,17,18). The summed E-state index contributed by atoms with van der Waals surface area (Å²) in [5.74, 6) is 0.680. The van der Waals surface area contributed by atoms with E-state index in [0.29, 0.717) is 16.9 Å². The molecule has 98 valence electrons. The van der Waals surface area contributed by atoms with E-state index in [0.717, 1.165) is 18.9 Å². The van der Waals surface area contributed by atoms with Crippen molar-refractivity contribution in [1.29, 1.82) is 0 Å². The minimum atomic E-state index is -0.106. The third kappa shape index (κ3) is 3.15. The van der Waals surface area contributed by atoms with Crippen LogP contribution in [0.4, 0.5) is 11.4 Å². The predicted molar refractivity (Wildman–Crippen MR) is 74.2 cm³/mol. The number of nitrogens with one attached hydrogen (secondary N) is 1. The Morgan fingerprint density at radius 3 is 2.67 bits per heavy atom. The molecule has 1 aliphatic rings. The highest BCUT2D eigenvalue weighted by atomic mass is 16.1. The molecule has 1 amide bonds. The van der Waals surface area contributed by atoms with E-state index in [4.69, 9.17) is 11.5 Å². The van der Waals surface area contributed by atoms with E-state index in [1.165, 1.54) is 25.7 Å². The fraction of sp³-hybridized carbons (Fsp3) is 0.500. The zero-order valence-electron chi connectivity index (χ0n) is 10.6.